The minimum atomic E-state index is -0.505. The van der Waals surface area contributed by atoms with Gasteiger partial charge in [0.15, 0.2) is 11.6 Å². The first-order valence-electron chi connectivity index (χ1n) is 4.00. The Labute approximate surface area is 81.2 Å². The Kier molecular flexibility index (Phi) is 3.67. The van der Waals surface area contributed by atoms with Crippen LogP contribution in [0, 0.1) is 5.82 Å². The molecule has 0 aliphatic rings. The average molecular weight is 201 g/mol. The van der Waals surface area contributed by atoms with Gasteiger partial charge in [-0.25, -0.2) is 9.87 Å². The zero-order chi connectivity index (χ0) is 10.6. The second-order valence-corrected chi connectivity index (χ2v) is 2.64. The summed E-state index contributed by atoms with van der Waals surface area (Å²) in [6, 6.07) is 2.93. The summed E-state index contributed by atoms with van der Waals surface area (Å²) >= 11 is 0. The molecule has 0 atom stereocenters. The number of hydrogen-bond donors (Lipinski definition) is 2. The van der Waals surface area contributed by atoms with E-state index in [2.05, 4.69) is 0 Å². The van der Waals surface area contributed by atoms with Gasteiger partial charge in [-0.05, 0) is 6.07 Å². The summed E-state index contributed by atoms with van der Waals surface area (Å²) < 4.78 is 23.2. The maximum absolute atomic E-state index is 13.4. The SMILES string of the molecule is COc1cc(CNO)c(F)c(OC)c1. The quantitative estimate of drug-likeness (QED) is 0.721. The predicted octanol–water partition coefficient (Wildman–Crippen LogP) is 1.32. The van der Waals surface area contributed by atoms with Crippen LogP contribution in [0.4, 0.5) is 4.39 Å². The van der Waals surface area contributed by atoms with Gasteiger partial charge >= 0.3 is 0 Å². The van der Waals surface area contributed by atoms with Crippen LogP contribution in [0.1, 0.15) is 5.56 Å². The number of benzene rings is 1. The fourth-order valence-electron chi connectivity index (χ4n) is 1.11. The monoisotopic (exact) mass is 201 g/mol. The number of rotatable bonds is 4. The maximum atomic E-state index is 13.4. The molecule has 0 radical (unpaired) electrons. The summed E-state index contributed by atoms with van der Waals surface area (Å²) in [5, 5.41) is 8.47. The number of hydrogen-bond acceptors (Lipinski definition) is 4. The van der Waals surface area contributed by atoms with E-state index in [4.69, 9.17) is 14.7 Å². The maximum Gasteiger partial charge on any atom is 0.169 e. The van der Waals surface area contributed by atoms with E-state index >= 15 is 0 Å². The van der Waals surface area contributed by atoms with Crippen molar-refractivity contribution in [2.45, 2.75) is 6.54 Å². The Morgan fingerprint density at radius 2 is 2.07 bits per heavy atom. The van der Waals surface area contributed by atoms with Gasteiger partial charge in [0, 0.05) is 18.2 Å². The molecule has 0 heterocycles. The van der Waals surface area contributed by atoms with Crippen molar-refractivity contribution in [2.24, 2.45) is 0 Å². The van der Waals surface area contributed by atoms with Crippen LogP contribution < -0.4 is 15.0 Å². The molecule has 1 rings (SSSR count). The molecular formula is C9H12FNO3. The fourth-order valence-corrected chi connectivity index (χ4v) is 1.11. The van der Waals surface area contributed by atoms with Crippen molar-refractivity contribution >= 4 is 0 Å². The van der Waals surface area contributed by atoms with Crippen LogP contribution in [-0.4, -0.2) is 19.4 Å². The highest BCUT2D eigenvalue weighted by Crippen LogP contribution is 2.26. The van der Waals surface area contributed by atoms with Gasteiger partial charge in [0.1, 0.15) is 5.75 Å². The molecule has 1 aromatic carbocycles. The number of ether oxygens (including phenoxy) is 2. The van der Waals surface area contributed by atoms with Gasteiger partial charge in [-0.3, -0.25) is 0 Å². The Morgan fingerprint density at radius 1 is 1.36 bits per heavy atom. The minimum absolute atomic E-state index is 0.000602. The Hall–Kier alpha value is -1.33. The zero-order valence-corrected chi connectivity index (χ0v) is 8.00. The third-order valence-electron chi connectivity index (χ3n) is 1.81. The van der Waals surface area contributed by atoms with Crippen molar-refractivity contribution in [2.75, 3.05) is 14.2 Å². The third-order valence-corrected chi connectivity index (χ3v) is 1.81. The van der Waals surface area contributed by atoms with Crippen molar-refractivity contribution in [1.29, 1.82) is 0 Å². The van der Waals surface area contributed by atoms with Gasteiger partial charge in [0.25, 0.3) is 0 Å². The van der Waals surface area contributed by atoms with Crippen LogP contribution in [0.2, 0.25) is 0 Å². The molecule has 0 saturated heterocycles. The summed E-state index contributed by atoms with van der Waals surface area (Å²) in [5.41, 5.74) is 2.16. The Balaban J connectivity index is 3.12. The van der Waals surface area contributed by atoms with E-state index in [1.165, 1.54) is 26.4 Å². The van der Waals surface area contributed by atoms with Crippen molar-refractivity contribution in [1.82, 2.24) is 5.48 Å². The molecule has 0 aliphatic carbocycles. The first-order valence-corrected chi connectivity index (χ1v) is 4.00. The van der Waals surface area contributed by atoms with E-state index in [1.807, 2.05) is 5.48 Å². The molecule has 78 valence electrons. The summed E-state index contributed by atoms with van der Waals surface area (Å²) in [6.07, 6.45) is 0. The molecule has 0 fully saturated rings. The first kappa shape index (κ1) is 10.7. The molecule has 0 spiro atoms. The number of methoxy groups -OCH3 is 2. The highest BCUT2D eigenvalue weighted by Gasteiger charge is 2.11. The molecule has 0 aromatic heterocycles. The third kappa shape index (κ3) is 2.12. The standard InChI is InChI=1S/C9H12FNO3/c1-13-7-3-6(5-11-12)9(10)8(4-7)14-2/h3-4,11-12H,5H2,1-2H3. The van der Waals surface area contributed by atoms with E-state index in [-0.39, 0.29) is 17.9 Å². The molecule has 0 unspecified atom stereocenters. The molecule has 0 bridgehead atoms. The van der Waals surface area contributed by atoms with Gasteiger partial charge in [0.05, 0.1) is 14.2 Å². The van der Waals surface area contributed by atoms with Gasteiger partial charge in [-0.15, -0.1) is 0 Å². The van der Waals surface area contributed by atoms with E-state index in [0.29, 0.717) is 5.75 Å². The molecule has 4 nitrogen and oxygen atoms in total. The summed E-state index contributed by atoms with van der Waals surface area (Å²) in [4.78, 5) is 0. The van der Waals surface area contributed by atoms with E-state index < -0.39 is 5.82 Å². The number of halogens is 1. The van der Waals surface area contributed by atoms with Crippen LogP contribution in [0.5, 0.6) is 11.5 Å². The van der Waals surface area contributed by atoms with Crippen molar-refractivity contribution < 1.29 is 19.1 Å². The molecule has 2 N–H and O–H groups in total. The molecule has 14 heavy (non-hydrogen) atoms. The normalized spacial score (nSPS) is 10.0. The lowest BCUT2D eigenvalue weighted by Crippen LogP contribution is -2.09. The predicted molar refractivity (Wildman–Crippen MR) is 48.1 cm³/mol. The van der Waals surface area contributed by atoms with Crippen LogP contribution >= 0.6 is 0 Å². The second kappa shape index (κ2) is 4.78. The topological polar surface area (TPSA) is 50.7 Å². The molecular weight excluding hydrogens is 189 g/mol. The first-order chi connectivity index (χ1) is 6.72. The van der Waals surface area contributed by atoms with Crippen LogP contribution in [0.15, 0.2) is 12.1 Å². The lowest BCUT2D eigenvalue weighted by atomic mass is 10.2. The summed E-state index contributed by atoms with van der Waals surface area (Å²) in [6.45, 7) is -0.000602. The fraction of sp³-hybridized carbons (Fsp3) is 0.333. The second-order valence-electron chi connectivity index (χ2n) is 2.64. The largest absolute Gasteiger partial charge is 0.497 e. The lowest BCUT2D eigenvalue weighted by Gasteiger charge is -2.09. The van der Waals surface area contributed by atoms with E-state index in [1.54, 1.807) is 0 Å². The lowest BCUT2D eigenvalue weighted by molar-refractivity contribution is 0.159. The highest BCUT2D eigenvalue weighted by molar-refractivity contribution is 5.40. The van der Waals surface area contributed by atoms with Crippen molar-refractivity contribution in [3.05, 3.63) is 23.5 Å². The van der Waals surface area contributed by atoms with Gasteiger partial charge in [-0.1, -0.05) is 0 Å². The van der Waals surface area contributed by atoms with Crippen molar-refractivity contribution in [3.8, 4) is 11.5 Å². The van der Waals surface area contributed by atoms with Crippen LogP contribution in [0.25, 0.3) is 0 Å². The zero-order valence-electron chi connectivity index (χ0n) is 8.00. The molecule has 1 aromatic rings. The van der Waals surface area contributed by atoms with Gasteiger partial charge in [0.2, 0.25) is 0 Å². The molecule has 0 amide bonds. The van der Waals surface area contributed by atoms with E-state index in [0.717, 1.165) is 0 Å². The Morgan fingerprint density at radius 3 is 2.57 bits per heavy atom. The smallest absolute Gasteiger partial charge is 0.169 e. The van der Waals surface area contributed by atoms with Crippen molar-refractivity contribution in [3.63, 3.8) is 0 Å². The number of hydroxylamine groups is 1. The van der Waals surface area contributed by atoms with Gasteiger partial charge < -0.3 is 14.7 Å². The molecule has 0 saturated carbocycles. The average Bonchev–Trinajstić information content (AvgIpc) is 2.21. The molecule has 0 aliphatic heterocycles. The summed E-state index contributed by atoms with van der Waals surface area (Å²) in [7, 11) is 2.84. The van der Waals surface area contributed by atoms with Crippen LogP contribution in [0.3, 0.4) is 0 Å². The highest BCUT2D eigenvalue weighted by atomic mass is 19.1. The van der Waals surface area contributed by atoms with E-state index in [9.17, 15) is 4.39 Å². The molecule has 5 heteroatoms. The van der Waals surface area contributed by atoms with Gasteiger partial charge in [-0.2, -0.15) is 0 Å². The summed E-state index contributed by atoms with van der Waals surface area (Å²) in [5.74, 6) is 0.0675. The van der Waals surface area contributed by atoms with Crippen LogP contribution in [-0.2, 0) is 6.54 Å². The Bertz CT molecular complexity index is 317. The minimum Gasteiger partial charge on any atom is -0.497 e. The number of nitrogens with one attached hydrogen (secondary N) is 1.